The molecule has 0 aliphatic rings. The smallest absolute Gasteiger partial charge is 0.342 e. The van der Waals surface area contributed by atoms with Crippen LogP contribution in [0.5, 0.6) is 0 Å². The molecule has 13 heavy (non-hydrogen) atoms. The molecule has 0 unspecified atom stereocenters. The van der Waals surface area contributed by atoms with Crippen LogP contribution in [0.15, 0.2) is 6.07 Å². The number of hydrogen-bond donors (Lipinski definition) is 0. The third-order valence-corrected chi connectivity index (χ3v) is 1.29. The molecule has 0 radical (unpaired) electrons. The Morgan fingerprint density at radius 1 is 1.38 bits per heavy atom. The molecule has 70 valence electrons. The molecule has 6 heteroatoms. The second-order valence-corrected chi connectivity index (χ2v) is 2.09. The van der Waals surface area contributed by atoms with Crippen LogP contribution in [0.1, 0.15) is 10.4 Å². The highest BCUT2D eigenvalue weighted by Gasteiger charge is 2.17. The molecule has 1 rings (SSSR count). The molecule has 0 saturated carbocycles. The summed E-state index contributed by atoms with van der Waals surface area (Å²) in [5, 5.41) is 0. The topological polar surface area (TPSA) is 39.2 Å². The van der Waals surface area contributed by atoms with Crippen LogP contribution in [0.25, 0.3) is 0 Å². The van der Waals surface area contributed by atoms with Crippen molar-refractivity contribution >= 4 is 5.97 Å². The number of aromatic nitrogens is 1. The molecule has 0 bridgehead atoms. The minimum Gasteiger partial charge on any atom is -0.465 e. The van der Waals surface area contributed by atoms with Gasteiger partial charge in [-0.3, -0.25) is 0 Å². The number of rotatable bonds is 1. The lowest BCUT2D eigenvalue weighted by Crippen LogP contribution is -2.08. The third kappa shape index (κ3) is 1.77. The molecule has 0 aliphatic carbocycles. The first-order chi connectivity index (χ1) is 6.06. The van der Waals surface area contributed by atoms with Gasteiger partial charge in [-0.2, -0.15) is 13.8 Å². The number of halogens is 3. The molecular formula is C7H4F3NO2. The lowest BCUT2D eigenvalue weighted by molar-refractivity contribution is 0.0593. The molecule has 0 amide bonds. The van der Waals surface area contributed by atoms with Crippen molar-refractivity contribution in [3.63, 3.8) is 0 Å². The molecule has 0 fully saturated rings. The summed E-state index contributed by atoms with van der Waals surface area (Å²) in [7, 11) is 0.989. The van der Waals surface area contributed by atoms with Gasteiger partial charge in [0.15, 0.2) is 5.82 Å². The molecule has 0 spiro atoms. The van der Waals surface area contributed by atoms with E-state index >= 15 is 0 Å². The summed E-state index contributed by atoms with van der Waals surface area (Å²) in [4.78, 5) is 13.2. The molecule has 3 nitrogen and oxygen atoms in total. The fraction of sp³-hybridized carbons (Fsp3) is 0.143. The number of carbonyl (C=O) groups is 1. The van der Waals surface area contributed by atoms with E-state index in [0.717, 1.165) is 7.11 Å². The van der Waals surface area contributed by atoms with Gasteiger partial charge in [0.1, 0.15) is 5.56 Å². The van der Waals surface area contributed by atoms with Gasteiger partial charge in [-0.1, -0.05) is 0 Å². The van der Waals surface area contributed by atoms with Crippen LogP contribution in [-0.4, -0.2) is 18.1 Å². The number of hydrogen-bond acceptors (Lipinski definition) is 3. The Kier molecular flexibility index (Phi) is 2.50. The van der Waals surface area contributed by atoms with E-state index in [1.165, 1.54) is 0 Å². The highest BCUT2D eigenvalue weighted by Crippen LogP contribution is 2.10. The summed E-state index contributed by atoms with van der Waals surface area (Å²) >= 11 is 0. The molecule has 0 aliphatic heterocycles. The van der Waals surface area contributed by atoms with Gasteiger partial charge in [-0.15, -0.1) is 0 Å². The maximum absolute atomic E-state index is 12.6. The quantitative estimate of drug-likeness (QED) is 0.495. The fourth-order valence-electron chi connectivity index (χ4n) is 0.699. The molecular weight excluding hydrogens is 187 g/mol. The Morgan fingerprint density at radius 2 is 2.00 bits per heavy atom. The number of carbonyl (C=O) groups excluding carboxylic acids is 1. The van der Waals surface area contributed by atoms with Crippen LogP contribution in [0.2, 0.25) is 0 Å². The normalized spacial score (nSPS) is 9.85. The Morgan fingerprint density at radius 3 is 2.54 bits per heavy atom. The van der Waals surface area contributed by atoms with E-state index in [2.05, 4.69) is 9.72 Å². The zero-order valence-corrected chi connectivity index (χ0v) is 6.47. The SMILES string of the molecule is COC(=O)c1cc(F)c(F)nc1F. The Balaban J connectivity index is 3.23. The molecule has 0 atom stereocenters. The number of esters is 1. The van der Waals surface area contributed by atoms with Gasteiger partial charge < -0.3 is 4.74 Å². The van der Waals surface area contributed by atoms with Gasteiger partial charge in [-0.05, 0) is 6.07 Å². The van der Waals surface area contributed by atoms with E-state index in [4.69, 9.17) is 0 Å². The number of ether oxygens (including phenoxy) is 1. The molecule has 1 aromatic rings. The summed E-state index contributed by atoms with van der Waals surface area (Å²) < 4.78 is 41.4. The summed E-state index contributed by atoms with van der Waals surface area (Å²) in [5.74, 6) is -5.50. The lowest BCUT2D eigenvalue weighted by Gasteiger charge is -2.00. The standard InChI is InChI=1S/C7H4F3NO2/c1-13-7(12)3-2-4(8)6(10)11-5(3)9/h2H,1H3. The van der Waals surface area contributed by atoms with Gasteiger partial charge in [-0.25, -0.2) is 9.18 Å². The minimum atomic E-state index is -1.59. The van der Waals surface area contributed by atoms with Crippen LogP contribution < -0.4 is 0 Å². The van der Waals surface area contributed by atoms with Crippen LogP contribution in [0, 0.1) is 17.7 Å². The maximum atomic E-state index is 12.6. The molecule has 1 heterocycles. The average Bonchev–Trinajstić information content (AvgIpc) is 2.10. The zero-order chi connectivity index (χ0) is 10.0. The van der Waals surface area contributed by atoms with Crippen molar-refractivity contribution in [1.82, 2.24) is 4.98 Å². The van der Waals surface area contributed by atoms with Gasteiger partial charge in [0.25, 0.3) is 5.95 Å². The van der Waals surface area contributed by atoms with Crippen LogP contribution >= 0.6 is 0 Å². The van der Waals surface area contributed by atoms with E-state index in [0.29, 0.717) is 6.07 Å². The van der Waals surface area contributed by atoms with Gasteiger partial charge in [0.05, 0.1) is 7.11 Å². The number of nitrogens with zero attached hydrogens (tertiary/aromatic N) is 1. The highest BCUT2D eigenvalue weighted by molar-refractivity contribution is 5.89. The lowest BCUT2D eigenvalue weighted by atomic mass is 10.3. The van der Waals surface area contributed by atoms with Crippen molar-refractivity contribution in [3.8, 4) is 0 Å². The Labute approximate surface area is 71.2 Å². The summed E-state index contributed by atoms with van der Waals surface area (Å²) in [6, 6.07) is 0.392. The molecule has 0 N–H and O–H groups in total. The number of methoxy groups -OCH3 is 1. The predicted molar refractivity (Wildman–Crippen MR) is 35.5 cm³/mol. The molecule has 1 aromatic heterocycles. The fourth-order valence-corrected chi connectivity index (χ4v) is 0.699. The van der Waals surface area contributed by atoms with Crippen LogP contribution in [-0.2, 0) is 4.74 Å². The first-order valence-electron chi connectivity index (χ1n) is 3.16. The van der Waals surface area contributed by atoms with Gasteiger partial charge in [0, 0.05) is 0 Å². The Bertz CT molecular complexity index is 354. The Hall–Kier alpha value is -1.59. The van der Waals surface area contributed by atoms with Crippen molar-refractivity contribution in [2.45, 2.75) is 0 Å². The summed E-state index contributed by atoms with van der Waals surface area (Å²) in [5.41, 5.74) is -0.735. The van der Waals surface area contributed by atoms with E-state index in [9.17, 15) is 18.0 Å². The van der Waals surface area contributed by atoms with Gasteiger partial charge in [0.2, 0.25) is 5.95 Å². The minimum absolute atomic E-state index is 0.392. The maximum Gasteiger partial charge on any atom is 0.342 e. The number of pyridine rings is 1. The van der Waals surface area contributed by atoms with Crippen molar-refractivity contribution in [2.24, 2.45) is 0 Å². The summed E-state index contributed by atoms with van der Waals surface area (Å²) in [6.45, 7) is 0. The monoisotopic (exact) mass is 191 g/mol. The molecule has 0 aromatic carbocycles. The summed E-state index contributed by atoms with van der Waals surface area (Å²) in [6.07, 6.45) is 0. The molecule has 0 saturated heterocycles. The van der Waals surface area contributed by atoms with Gasteiger partial charge >= 0.3 is 5.97 Å². The second-order valence-electron chi connectivity index (χ2n) is 2.09. The van der Waals surface area contributed by atoms with Crippen molar-refractivity contribution in [2.75, 3.05) is 7.11 Å². The van der Waals surface area contributed by atoms with Crippen molar-refractivity contribution in [1.29, 1.82) is 0 Å². The van der Waals surface area contributed by atoms with Crippen molar-refractivity contribution < 1.29 is 22.7 Å². The van der Waals surface area contributed by atoms with Crippen LogP contribution in [0.4, 0.5) is 13.2 Å². The third-order valence-electron chi connectivity index (χ3n) is 1.29. The van der Waals surface area contributed by atoms with E-state index in [-0.39, 0.29) is 0 Å². The predicted octanol–water partition coefficient (Wildman–Crippen LogP) is 1.29. The first kappa shape index (κ1) is 9.50. The van der Waals surface area contributed by atoms with E-state index in [1.54, 1.807) is 0 Å². The first-order valence-corrected chi connectivity index (χ1v) is 3.16. The second kappa shape index (κ2) is 3.42. The highest BCUT2D eigenvalue weighted by atomic mass is 19.2. The van der Waals surface area contributed by atoms with E-state index < -0.39 is 29.2 Å². The van der Waals surface area contributed by atoms with E-state index in [1.807, 2.05) is 0 Å². The van der Waals surface area contributed by atoms with Crippen LogP contribution in [0.3, 0.4) is 0 Å². The van der Waals surface area contributed by atoms with Crippen molar-refractivity contribution in [3.05, 3.63) is 29.3 Å². The largest absolute Gasteiger partial charge is 0.465 e. The average molecular weight is 191 g/mol. The zero-order valence-electron chi connectivity index (χ0n) is 6.47.